The number of ether oxygens (including phenoxy) is 1. The molecule has 0 amide bonds. The van der Waals surface area contributed by atoms with E-state index in [0.29, 0.717) is 0 Å². The summed E-state index contributed by atoms with van der Waals surface area (Å²) in [4.78, 5) is 0. The molecular weight excluding hydrogens is 314 g/mol. The standard InChI is InChI=1S/C17H24BrNO/c18-15-8-14(17(12-19)6-2-1-3-7-17)9-16(10-15)20-11-13-4-5-13/h8-10,13H,1-7,11-12,19H2. The molecule has 0 aromatic heterocycles. The van der Waals surface area contributed by atoms with Crippen LogP contribution in [0.15, 0.2) is 22.7 Å². The average Bonchev–Trinajstić information content (AvgIpc) is 3.29. The summed E-state index contributed by atoms with van der Waals surface area (Å²) in [7, 11) is 0. The van der Waals surface area contributed by atoms with Gasteiger partial charge in [-0.25, -0.2) is 0 Å². The number of halogens is 1. The van der Waals surface area contributed by atoms with E-state index in [1.807, 2.05) is 0 Å². The monoisotopic (exact) mass is 337 g/mol. The van der Waals surface area contributed by atoms with Crippen LogP contribution >= 0.6 is 15.9 Å². The zero-order chi connectivity index (χ0) is 14.0. The van der Waals surface area contributed by atoms with Gasteiger partial charge in [-0.2, -0.15) is 0 Å². The third-order valence-corrected chi connectivity index (χ3v) is 5.33. The van der Waals surface area contributed by atoms with E-state index < -0.39 is 0 Å². The quantitative estimate of drug-likeness (QED) is 0.864. The third kappa shape index (κ3) is 3.20. The fourth-order valence-corrected chi connectivity index (χ4v) is 3.76. The van der Waals surface area contributed by atoms with Crippen LogP contribution in [0.2, 0.25) is 0 Å². The lowest BCUT2D eigenvalue weighted by Crippen LogP contribution is -2.37. The first kappa shape index (κ1) is 14.4. The summed E-state index contributed by atoms with van der Waals surface area (Å²) in [5, 5.41) is 0. The van der Waals surface area contributed by atoms with Crippen molar-refractivity contribution in [2.45, 2.75) is 50.4 Å². The van der Waals surface area contributed by atoms with Crippen LogP contribution in [0.1, 0.15) is 50.5 Å². The Balaban J connectivity index is 1.82. The minimum atomic E-state index is 0.166. The van der Waals surface area contributed by atoms with Crippen molar-refractivity contribution in [2.75, 3.05) is 13.2 Å². The molecule has 0 unspecified atom stereocenters. The average molecular weight is 338 g/mol. The lowest BCUT2D eigenvalue weighted by atomic mass is 9.69. The van der Waals surface area contributed by atoms with Crippen LogP contribution in [0.5, 0.6) is 5.75 Å². The maximum absolute atomic E-state index is 6.15. The van der Waals surface area contributed by atoms with Gasteiger partial charge in [0.25, 0.3) is 0 Å². The molecule has 3 rings (SSSR count). The topological polar surface area (TPSA) is 35.2 Å². The largest absolute Gasteiger partial charge is 0.493 e. The molecule has 0 aliphatic heterocycles. The first-order valence-electron chi connectivity index (χ1n) is 7.86. The second kappa shape index (κ2) is 6.07. The molecule has 2 aliphatic carbocycles. The van der Waals surface area contributed by atoms with Crippen LogP contribution in [0, 0.1) is 5.92 Å². The SMILES string of the molecule is NCC1(c2cc(Br)cc(OCC3CC3)c2)CCCCC1. The summed E-state index contributed by atoms with van der Waals surface area (Å²) in [5.74, 6) is 1.79. The maximum atomic E-state index is 6.15. The molecule has 20 heavy (non-hydrogen) atoms. The Morgan fingerprint density at radius 3 is 2.55 bits per heavy atom. The van der Waals surface area contributed by atoms with E-state index >= 15 is 0 Å². The van der Waals surface area contributed by atoms with Gasteiger partial charge in [-0.1, -0.05) is 35.2 Å². The van der Waals surface area contributed by atoms with Crippen molar-refractivity contribution in [3.05, 3.63) is 28.2 Å². The van der Waals surface area contributed by atoms with Gasteiger partial charge < -0.3 is 10.5 Å². The summed E-state index contributed by atoms with van der Waals surface area (Å²) in [5.41, 5.74) is 7.67. The molecule has 0 saturated heterocycles. The molecule has 0 radical (unpaired) electrons. The van der Waals surface area contributed by atoms with E-state index in [1.54, 1.807) is 0 Å². The summed E-state index contributed by atoms with van der Waals surface area (Å²) in [6.07, 6.45) is 9.01. The van der Waals surface area contributed by atoms with E-state index in [9.17, 15) is 0 Å². The molecule has 2 N–H and O–H groups in total. The van der Waals surface area contributed by atoms with Gasteiger partial charge in [0.1, 0.15) is 5.75 Å². The van der Waals surface area contributed by atoms with Crippen LogP contribution in [0.3, 0.4) is 0 Å². The summed E-state index contributed by atoms with van der Waals surface area (Å²) in [6, 6.07) is 6.55. The smallest absolute Gasteiger partial charge is 0.120 e. The number of rotatable bonds is 5. The van der Waals surface area contributed by atoms with Gasteiger partial charge in [0.05, 0.1) is 6.61 Å². The Morgan fingerprint density at radius 1 is 1.15 bits per heavy atom. The molecule has 2 nitrogen and oxygen atoms in total. The highest BCUT2D eigenvalue weighted by Crippen LogP contribution is 2.41. The molecule has 2 aliphatic rings. The Hall–Kier alpha value is -0.540. The van der Waals surface area contributed by atoms with E-state index in [1.165, 1.54) is 50.5 Å². The highest BCUT2D eigenvalue weighted by atomic mass is 79.9. The van der Waals surface area contributed by atoms with E-state index in [2.05, 4.69) is 34.1 Å². The minimum absolute atomic E-state index is 0.166. The molecule has 2 fully saturated rings. The highest BCUT2D eigenvalue weighted by Gasteiger charge is 2.33. The van der Waals surface area contributed by atoms with Crippen LogP contribution < -0.4 is 10.5 Å². The first-order chi connectivity index (χ1) is 9.72. The van der Waals surface area contributed by atoms with Gasteiger partial charge in [-0.05, 0) is 55.4 Å². The van der Waals surface area contributed by atoms with E-state index in [4.69, 9.17) is 10.5 Å². The van der Waals surface area contributed by atoms with Crippen molar-refractivity contribution in [3.63, 3.8) is 0 Å². The lowest BCUT2D eigenvalue weighted by Gasteiger charge is -2.37. The molecule has 0 heterocycles. The number of hydrogen-bond acceptors (Lipinski definition) is 2. The minimum Gasteiger partial charge on any atom is -0.493 e. The van der Waals surface area contributed by atoms with Gasteiger partial charge in [0.2, 0.25) is 0 Å². The number of benzene rings is 1. The second-order valence-electron chi connectivity index (χ2n) is 6.48. The molecule has 0 bridgehead atoms. The van der Waals surface area contributed by atoms with Crippen molar-refractivity contribution in [1.82, 2.24) is 0 Å². The molecule has 0 spiro atoms. The van der Waals surface area contributed by atoms with Crippen molar-refractivity contribution in [3.8, 4) is 5.75 Å². The Morgan fingerprint density at radius 2 is 1.90 bits per heavy atom. The van der Waals surface area contributed by atoms with Crippen LogP contribution in [0.25, 0.3) is 0 Å². The van der Waals surface area contributed by atoms with Gasteiger partial charge in [0, 0.05) is 16.4 Å². The molecule has 0 atom stereocenters. The lowest BCUT2D eigenvalue weighted by molar-refractivity contribution is 0.288. The van der Waals surface area contributed by atoms with Crippen molar-refractivity contribution < 1.29 is 4.74 Å². The Labute approximate surface area is 130 Å². The molecule has 110 valence electrons. The first-order valence-corrected chi connectivity index (χ1v) is 8.65. The van der Waals surface area contributed by atoms with E-state index in [-0.39, 0.29) is 5.41 Å². The predicted octanol–water partition coefficient (Wildman–Crippen LogP) is 4.40. The van der Waals surface area contributed by atoms with Crippen LogP contribution in [0.4, 0.5) is 0 Å². The van der Waals surface area contributed by atoms with Crippen LogP contribution in [-0.4, -0.2) is 13.2 Å². The Bertz CT molecular complexity index is 464. The molecule has 1 aromatic carbocycles. The number of nitrogens with two attached hydrogens (primary N) is 1. The molecule has 3 heteroatoms. The fraction of sp³-hybridized carbons (Fsp3) is 0.647. The normalized spacial score (nSPS) is 21.7. The van der Waals surface area contributed by atoms with Crippen molar-refractivity contribution in [1.29, 1.82) is 0 Å². The maximum Gasteiger partial charge on any atom is 0.120 e. The van der Waals surface area contributed by atoms with Gasteiger partial charge in [-0.15, -0.1) is 0 Å². The highest BCUT2D eigenvalue weighted by molar-refractivity contribution is 9.10. The number of hydrogen-bond donors (Lipinski definition) is 1. The summed E-state index contributed by atoms with van der Waals surface area (Å²) < 4.78 is 7.07. The molecule has 2 saturated carbocycles. The molecule has 1 aromatic rings. The van der Waals surface area contributed by atoms with Crippen molar-refractivity contribution >= 4 is 15.9 Å². The molecular formula is C17H24BrNO. The summed E-state index contributed by atoms with van der Waals surface area (Å²) >= 11 is 3.63. The second-order valence-corrected chi connectivity index (χ2v) is 7.39. The van der Waals surface area contributed by atoms with Crippen molar-refractivity contribution in [2.24, 2.45) is 11.7 Å². The Kier molecular flexibility index (Phi) is 4.37. The zero-order valence-corrected chi connectivity index (χ0v) is 13.6. The fourth-order valence-electron chi connectivity index (χ4n) is 3.29. The van der Waals surface area contributed by atoms with Gasteiger partial charge in [-0.3, -0.25) is 0 Å². The third-order valence-electron chi connectivity index (χ3n) is 4.87. The summed E-state index contributed by atoms with van der Waals surface area (Å²) in [6.45, 7) is 1.61. The van der Waals surface area contributed by atoms with Gasteiger partial charge in [0.15, 0.2) is 0 Å². The van der Waals surface area contributed by atoms with Crippen LogP contribution in [-0.2, 0) is 5.41 Å². The predicted molar refractivity (Wildman–Crippen MR) is 86.2 cm³/mol. The van der Waals surface area contributed by atoms with E-state index in [0.717, 1.165) is 29.3 Å². The van der Waals surface area contributed by atoms with Gasteiger partial charge >= 0.3 is 0 Å². The zero-order valence-electron chi connectivity index (χ0n) is 12.0.